The van der Waals surface area contributed by atoms with E-state index in [4.69, 9.17) is 15.2 Å². The number of ether oxygens (including phenoxy) is 2. The first-order chi connectivity index (χ1) is 7.06. The summed E-state index contributed by atoms with van der Waals surface area (Å²) in [5, 5.41) is 0. The number of hydrogen-bond acceptors (Lipinski definition) is 3. The van der Waals surface area contributed by atoms with Crippen LogP contribution in [0.4, 0.5) is 8.78 Å². The second kappa shape index (κ2) is 3.34. The van der Waals surface area contributed by atoms with Crippen molar-refractivity contribution in [3.05, 3.63) is 23.8 Å². The molecule has 1 aliphatic rings. The van der Waals surface area contributed by atoms with Gasteiger partial charge in [-0.2, -0.15) is 0 Å². The van der Waals surface area contributed by atoms with Crippen LogP contribution < -0.4 is 15.2 Å². The molecule has 0 saturated heterocycles. The van der Waals surface area contributed by atoms with Gasteiger partial charge in [0.25, 0.3) is 0 Å². The molecule has 15 heavy (non-hydrogen) atoms. The summed E-state index contributed by atoms with van der Waals surface area (Å²) in [4.78, 5) is 0. The summed E-state index contributed by atoms with van der Waals surface area (Å²) < 4.78 is 37.0. The number of halogens is 2. The fraction of sp³-hybridized carbons (Fsp3) is 0.400. The van der Waals surface area contributed by atoms with E-state index in [1.165, 1.54) is 0 Å². The van der Waals surface area contributed by atoms with Crippen LogP contribution in [0.2, 0.25) is 0 Å². The van der Waals surface area contributed by atoms with Crippen molar-refractivity contribution < 1.29 is 18.3 Å². The van der Waals surface area contributed by atoms with Crippen molar-refractivity contribution in [2.45, 2.75) is 12.5 Å². The topological polar surface area (TPSA) is 44.5 Å². The summed E-state index contributed by atoms with van der Waals surface area (Å²) >= 11 is 0. The number of nitrogens with two attached hydrogens (primary N) is 1. The average molecular weight is 215 g/mol. The van der Waals surface area contributed by atoms with E-state index in [9.17, 15) is 8.78 Å². The molecule has 0 saturated carbocycles. The van der Waals surface area contributed by atoms with Crippen LogP contribution in [0.15, 0.2) is 12.1 Å². The Kier molecular flexibility index (Phi) is 2.26. The number of hydrogen-bond donors (Lipinski definition) is 1. The Morgan fingerprint density at radius 2 is 1.93 bits per heavy atom. The van der Waals surface area contributed by atoms with E-state index in [2.05, 4.69) is 0 Å². The molecule has 0 aromatic heterocycles. The smallest absolute Gasteiger partial charge is 0.201 e. The van der Waals surface area contributed by atoms with E-state index in [0.29, 0.717) is 0 Å². The van der Waals surface area contributed by atoms with Gasteiger partial charge in [-0.1, -0.05) is 0 Å². The van der Waals surface area contributed by atoms with Crippen molar-refractivity contribution in [2.75, 3.05) is 13.2 Å². The molecule has 3 nitrogen and oxygen atoms in total. The van der Waals surface area contributed by atoms with Gasteiger partial charge in [0.1, 0.15) is 6.61 Å². The molecule has 1 aliphatic heterocycles. The Hall–Kier alpha value is -1.36. The minimum Gasteiger partial charge on any atom is -0.483 e. The monoisotopic (exact) mass is 215 g/mol. The Morgan fingerprint density at radius 1 is 1.33 bits per heavy atom. The third-order valence-electron chi connectivity index (χ3n) is 2.32. The van der Waals surface area contributed by atoms with Gasteiger partial charge in [0.2, 0.25) is 5.75 Å². The van der Waals surface area contributed by atoms with Crippen molar-refractivity contribution in [3.63, 3.8) is 0 Å². The first kappa shape index (κ1) is 10.2. The SMILES string of the molecule is C[C@]1(CN)COc2c(F)ccc(F)c2O1. The molecule has 0 fully saturated rings. The van der Waals surface area contributed by atoms with Crippen molar-refractivity contribution in [2.24, 2.45) is 5.73 Å². The van der Waals surface area contributed by atoms with Crippen LogP contribution in [0.3, 0.4) is 0 Å². The summed E-state index contributed by atoms with van der Waals surface area (Å²) in [7, 11) is 0. The van der Waals surface area contributed by atoms with E-state index in [1.807, 2.05) is 0 Å². The first-order valence-electron chi connectivity index (χ1n) is 4.56. The first-order valence-corrected chi connectivity index (χ1v) is 4.56. The molecular weight excluding hydrogens is 204 g/mol. The van der Waals surface area contributed by atoms with Gasteiger partial charge in [-0.3, -0.25) is 0 Å². The quantitative estimate of drug-likeness (QED) is 0.771. The van der Waals surface area contributed by atoms with Gasteiger partial charge in [-0.05, 0) is 19.1 Å². The number of rotatable bonds is 1. The van der Waals surface area contributed by atoms with Crippen LogP contribution >= 0.6 is 0 Å². The number of benzene rings is 1. The van der Waals surface area contributed by atoms with Gasteiger partial charge < -0.3 is 15.2 Å². The van der Waals surface area contributed by atoms with E-state index >= 15 is 0 Å². The zero-order chi connectivity index (χ0) is 11.1. The Bertz CT molecular complexity index is 397. The van der Waals surface area contributed by atoms with E-state index in [0.717, 1.165) is 12.1 Å². The highest BCUT2D eigenvalue weighted by molar-refractivity contribution is 5.44. The molecule has 0 bridgehead atoms. The molecule has 82 valence electrons. The Labute approximate surface area is 85.8 Å². The zero-order valence-corrected chi connectivity index (χ0v) is 8.22. The lowest BCUT2D eigenvalue weighted by atomic mass is 10.1. The zero-order valence-electron chi connectivity index (χ0n) is 8.22. The molecular formula is C10H11F2NO2. The Morgan fingerprint density at radius 3 is 2.53 bits per heavy atom. The van der Waals surface area contributed by atoms with Gasteiger partial charge in [0, 0.05) is 6.54 Å². The number of fused-ring (bicyclic) bond motifs is 1. The average Bonchev–Trinajstić information content (AvgIpc) is 2.24. The van der Waals surface area contributed by atoms with Gasteiger partial charge in [-0.25, -0.2) is 8.78 Å². The highest BCUT2D eigenvalue weighted by Gasteiger charge is 2.35. The van der Waals surface area contributed by atoms with Gasteiger partial charge in [0.05, 0.1) is 0 Å². The maximum absolute atomic E-state index is 13.3. The van der Waals surface area contributed by atoms with Crippen LogP contribution in [0.1, 0.15) is 6.92 Å². The molecule has 5 heteroatoms. The van der Waals surface area contributed by atoms with Crippen LogP contribution in [0.25, 0.3) is 0 Å². The maximum Gasteiger partial charge on any atom is 0.201 e. The summed E-state index contributed by atoms with van der Waals surface area (Å²) in [6.07, 6.45) is 0. The largest absolute Gasteiger partial charge is 0.483 e. The third kappa shape index (κ3) is 1.63. The fourth-order valence-corrected chi connectivity index (χ4v) is 1.35. The standard InChI is InChI=1S/C10H11F2NO2/c1-10(4-13)5-14-8-6(11)2-3-7(12)9(8)15-10/h2-3H,4-5,13H2,1H3/t10-/m0/s1. The predicted octanol–water partition coefficient (Wildman–Crippen LogP) is 1.45. The van der Waals surface area contributed by atoms with Crippen LogP contribution in [0.5, 0.6) is 11.5 Å². The lowest BCUT2D eigenvalue weighted by molar-refractivity contribution is 0.00662. The lowest BCUT2D eigenvalue weighted by Crippen LogP contribution is -2.48. The van der Waals surface area contributed by atoms with Gasteiger partial charge in [0.15, 0.2) is 23.0 Å². The summed E-state index contributed by atoms with van der Waals surface area (Å²) in [6.45, 7) is 1.96. The molecule has 0 amide bonds. The molecule has 2 rings (SSSR count). The predicted molar refractivity (Wildman–Crippen MR) is 49.9 cm³/mol. The van der Waals surface area contributed by atoms with Crippen LogP contribution in [-0.2, 0) is 0 Å². The summed E-state index contributed by atoms with van der Waals surface area (Å²) in [5.41, 5.74) is 4.66. The summed E-state index contributed by atoms with van der Waals surface area (Å²) in [6, 6.07) is 2.00. The van der Waals surface area contributed by atoms with Gasteiger partial charge >= 0.3 is 0 Å². The molecule has 1 heterocycles. The second-order valence-electron chi connectivity index (χ2n) is 3.73. The fourth-order valence-electron chi connectivity index (χ4n) is 1.35. The minimum atomic E-state index is -0.804. The molecule has 0 unspecified atom stereocenters. The molecule has 0 radical (unpaired) electrons. The minimum absolute atomic E-state index is 0.108. The van der Waals surface area contributed by atoms with E-state index in [1.54, 1.807) is 6.92 Å². The summed E-state index contributed by atoms with van der Waals surface area (Å²) in [5.74, 6) is -1.66. The molecule has 2 N–H and O–H groups in total. The highest BCUT2D eigenvalue weighted by Crippen LogP contribution is 2.39. The molecule has 1 atom stereocenters. The van der Waals surface area contributed by atoms with Crippen LogP contribution in [-0.4, -0.2) is 18.8 Å². The van der Waals surface area contributed by atoms with Gasteiger partial charge in [-0.15, -0.1) is 0 Å². The normalized spacial score (nSPS) is 24.0. The molecule has 1 aromatic carbocycles. The third-order valence-corrected chi connectivity index (χ3v) is 2.32. The van der Waals surface area contributed by atoms with E-state index in [-0.39, 0.29) is 24.7 Å². The van der Waals surface area contributed by atoms with Crippen LogP contribution in [0, 0.1) is 11.6 Å². The Balaban J connectivity index is 2.45. The molecule has 1 aromatic rings. The van der Waals surface area contributed by atoms with Crippen molar-refractivity contribution in [1.29, 1.82) is 0 Å². The highest BCUT2D eigenvalue weighted by atomic mass is 19.1. The molecule has 0 aliphatic carbocycles. The lowest BCUT2D eigenvalue weighted by Gasteiger charge is -2.34. The van der Waals surface area contributed by atoms with Crippen molar-refractivity contribution in [1.82, 2.24) is 0 Å². The van der Waals surface area contributed by atoms with E-state index < -0.39 is 17.2 Å². The second-order valence-corrected chi connectivity index (χ2v) is 3.73. The van der Waals surface area contributed by atoms with Crippen molar-refractivity contribution >= 4 is 0 Å². The van der Waals surface area contributed by atoms with Crippen molar-refractivity contribution in [3.8, 4) is 11.5 Å². The maximum atomic E-state index is 13.3. The molecule has 0 spiro atoms.